The summed E-state index contributed by atoms with van der Waals surface area (Å²) in [7, 11) is 1.70. The molecule has 0 saturated heterocycles. The standard InChI is InChI=1S/C17H25NO2S/c1-6-7-8-20-15-10-13-12(9-14(15)19-4)11-17(2,3)18-16(13)21-5/h9-10H,6-8,11H2,1-5H3. The Kier molecular flexibility index (Phi) is 5.20. The highest BCUT2D eigenvalue weighted by atomic mass is 32.2. The molecule has 1 aromatic carbocycles. The van der Waals surface area contributed by atoms with Gasteiger partial charge in [-0.15, -0.1) is 11.8 Å². The number of hydrogen-bond acceptors (Lipinski definition) is 4. The molecule has 1 aliphatic heterocycles. The Morgan fingerprint density at radius 1 is 1.29 bits per heavy atom. The summed E-state index contributed by atoms with van der Waals surface area (Å²) >= 11 is 1.69. The van der Waals surface area contributed by atoms with E-state index in [-0.39, 0.29) is 5.54 Å². The molecule has 3 nitrogen and oxygen atoms in total. The van der Waals surface area contributed by atoms with Crippen LogP contribution in [0.15, 0.2) is 17.1 Å². The van der Waals surface area contributed by atoms with Gasteiger partial charge in [0.2, 0.25) is 0 Å². The first kappa shape index (κ1) is 16.2. The van der Waals surface area contributed by atoms with Crippen molar-refractivity contribution >= 4 is 16.8 Å². The maximum absolute atomic E-state index is 5.89. The fourth-order valence-corrected chi connectivity index (χ4v) is 3.29. The summed E-state index contributed by atoms with van der Waals surface area (Å²) in [5, 5.41) is 1.09. The minimum absolute atomic E-state index is 0.0546. The van der Waals surface area contributed by atoms with Crippen LogP contribution < -0.4 is 9.47 Å². The van der Waals surface area contributed by atoms with Crippen molar-refractivity contribution in [2.45, 2.75) is 45.6 Å². The van der Waals surface area contributed by atoms with Gasteiger partial charge in [-0.1, -0.05) is 13.3 Å². The normalized spacial score (nSPS) is 16.1. The van der Waals surface area contributed by atoms with Crippen molar-refractivity contribution in [3.8, 4) is 11.5 Å². The van der Waals surface area contributed by atoms with Crippen molar-refractivity contribution in [2.24, 2.45) is 4.99 Å². The summed E-state index contributed by atoms with van der Waals surface area (Å²) in [6.07, 6.45) is 5.18. The van der Waals surface area contributed by atoms with Crippen LogP contribution in [0, 0.1) is 0 Å². The zero-order chi connectivity index (χ0) is 15.5. The number of rotatable bonds is 5. The first-order chi connectivity index (χ1) is 10.0. The lowest BCUT2D eigenvalue weighted by atomic mass is 9.89. The third kappa shape index (κ3) is 3.73. The Bertz CT molecular complexity index is 538. The van der Waals surface area contributed by atoms with Gasteiger partial charge in [0.05, 0.1) is 24.3 Å². The van der Waals surface area contributed by atoms with E-state index in [9.17, 15) is 0 Å². The van der Waals surface area contributed by atoms with Gasteiger partial charge in [0.25, 0.3) is 0 Å². The molecule has 0 aromatic heterocycles. The molecule has 0 spiro atoms. The Morgan fingerprint density at radius 3 is 2.67 bits per heavy atom. The van der Waals surface area contributed by atoms with Gasteiger partial charge in [-0.05, 0) is 50.6 Å². The molecule has 1 heterocycles. The van der Waals surface area contributed by atoms with Crippen LogP contribution in [-0.2, 0) is 6.42 Å². The van der Waals surface area contributed by atoms with E-state index >= 15 is 0 Å². The summed E-state index contributed by atoms with van der Waals surface area (Å²) in [4.78, 5) is 4.85. The highest BCUT2D eigenvalue weighted by Gasteiger charge is 2.28. The number of unbranched alkanes of at least 4 members (excludes halogenated alkanes) is 1. The first-order valence-corrected chi connectivity index (χ1v) is 8.71. The summed E-state index contributed by atoms with van der Waals surface area (Å²) in [5.41, 5.74) is 2.43. The Labute approximate surface area is 132 Å². The molecular weight excluding hydrogens is 282 g/mol. The summed E-state index contributed by atoms with van der Waals surface area (Å²) in [5.74, 6) is 1.65. The SMILES string of the molecule is CCCCOc1cc2c(cc1OC)CC(C)(C)N=C2SC. The molecule has 0 bridgehead atoms. The van der Waals surface area contributed by atoms with Crippen LogP contribution >= 0.6 is 11.8 Å². The number of ether oxygens (including phenoxy) is 2. The number of fused-ring (bicyclic) bond motifs is 1. The van der Waals surface area contributed by atoms with Gasteiger partial charge < -0.3 is 9.47 Å². The molecule has 0 saturated carbocycles. The molecule has 4 heteroatoms. The van der Waals surface area contributed by atoms with Crippen molar-refractivity contribution in [3.05, 3.63) is 23.3 Å². The second-order valence-corrected chi connectivity index (χ2v) is 6.77. The molecule has 0 unspecified atom stereocenters. The van der Waals surface area contributed by atoms with Crippen LogP contribution in [-0.4, -0.2) is 30.6 Å². The molecule has 116 valence electrons. The van der Waals surface area contributed by atoms with Crippen LogP contribution in [0.4, 0.5) is 0 Å². The van der Waals surface area contributed by atoms with Crippen molar-refractivity contribution in [3.63, 3.8) is 0 Å². The van der Waals surface area contributed by atoms with E-state index in [4.69, 9.17) is 14.5 Å². The van der Waals surface area contributed by atoms with Gasteiger partial charge in [-0.25, -0.2) is 0 Å². The number of benzene rings is 1. The molecule has 0 atom stereocenters. The number of thioether (sulfide) groups is 1. The van der Waals surface area contributed by atoms with Crippen LogP contribution in [0.1, 0.15) is 44.7 Å². The lowest BCUT2D eigenvalue weighted by Crippen LogP contribution is -2.28. The number of aliphatic imine (C=N–C) groups is 1. The van der Waals surface area contributed by atoms with Gasteiger partial charge in [0.1, 0.15) is 0 Å². The smallest absolute Gasteiger partial charge is 0.161 e. The summed E-state index contributed by atoms with van der Waals surface area (Å²) in [6.45, 7) is 7.23. The lowest BCUT2D eigenvalue weighted by Gasteiger charge is -2.29. The molecule has 0 radical (unpaired) electrons. The van der Waals surface area contributed by atoms with E-state index in [1.807, 2.05) is 0 Å². The van der Waals surface area contributed by atoms with Gasteiger partial charge >= 0.3 is 0 Å². The van der Waals surface area contributed by atoms with E-state index in [1.54, 1.807) is 18.9 Å². The first-order valence-electron chi connectivity index (χ1n) is 7.48. The molecule has 21 heavy (non-hydrogen) atoms. The Hall–Kier alpha value is -1.16. The maximum Gasteiger partial charge on any atom is 0.161 e. The van der Waals surface area contributed by atoms with Crippen LogP contribution in [0.2, 0.25) is 0 Å². The number of nitrogens with zero attached hydrogens (tertiary/aromatic N) is 1. The molecule has 2 rings (SSSR count). The topological polar surface area (TPSA) is 30.8 Å². The van der Waals surface area contributed by atoms with E-state index in [0.29, 0.717) is 0 Å². The highest BCUT2D eigenvalue weighted by Crippen LogP contribution is 2.37. The zero-order valence-corrected chi connectivity index (χ0v) is 14.5. The highest BCUT2D eigenvalue weighted by molar-refractivity contribution is 8.13. The molecule has 0 N–H and O–H groups in total. The number of methoxy groups -OCH3 is 1. The van der Waals surface area contributed by atoms with E-state index < -0.39 is 0 Å². The second kappa shape index (κ2) is 6.73. The third-order valence-electron chi connectivity index (χ3n) is 3.60. The van der Waals surface area contributed by atoms with Gasteiger partial charge in [0, 0.05) is 5.56 Å². The van der Waals surface area contributed by atoms with E-state index in [2.05, 4.69) is 39.2 Å². The fourth-order valence-electron chi connectivity index (χ4n) is 2.54. The Balaban J connectivity index is 2.39. The quantitative estimate of drug-likeness (QED) is 0.759. The predicted molar refractivity (Wildman–Crippen MR) is 91.2 cm³/mol. The van der Waals surface area contributed by atoms with E-state index in [0.717, 1.165) is 42.4 Å². The van der Waals surface area contributed by atoms with E-state index in [1.165, 1.54) is 11.1 Å². The maximum atomic E-state index is 5.89. The van der Waals surface area contributed by atoms with Crippen molar-refractivity contribution < 1.29 is 9.47 Å². The molecule has 1 aliphatic rings. The average molecular weight is 307 g/mol. The Morgan fingerprint density at radius 2 is 2.05 bits per heavy atom. The minimum atomic E-state index is -0.0546. The van der Waals surface area contributed by atoms with Crippen LogP contribution in [0.25, 0.3) is 0 Å². The minimum Gasteiger partial charge on any atom is -0.493 e. The molecule has 0 amide bonds. The zero-order valence-electron chi connectivity index (χ0n) is 13.7. The summed E-state index contributed by atoms with van der Waals surface area (Å²) in [6, 6.07) is 4.21. The van der Waals surface area contributed by atoms with Crippen LogP contribution in [0.3, 0.4) is 0 Å². The van der Waals surface area contributed by atoms with Gasteiger partial charge in [-0.3, -0.25) is 4.99 Å². The molecule has 0 fully saturated rings. The second-order valence-electron chi connectivity index (χ2n) is 5.97. The largest absolute Gasteiger partial charge is 0.493 e. The van der Waals surface area contributed by atoms with Crippen molar-refractivity contribution in [2.75, 3.05) is 20.0 Å². The number of hydrogen-bond donors (Lipinski definition) is 0. The molecule has 1 aromatic rings. The lowest BCUT2D eigenvalue weighted by molar-refractivity contribution is 0.288. The monoisotopic (exact) mass is 307 g/mol. The third-order valence-corrected chi connectivity index (χ3v) is 4.29. The average Bonchev–Trinajstić information content (AvgIpc) is 2.45. The predicted octanol–water partition coefficient (Wildman–Crippen LogP) is 4.32. The fraction of sp³-hybridized carbons (Fsp3) is 0.588. The van der Waals surface area contributed by atoms with Crippen molar-refractivity contribution in [1.82, 2.24) is 0 Å². The molecule has 0 aliphatic carbocycles. The summed E-state index contributed by atoms with van der Waals surface area (Å²) < 4.78 is 11.4. The van der Waals surface area contributed by atoms with Gasteiger partial charge in [0.15, 0.2) is 11.5 Å². The molecular formula is C17H25NO2S. The van der Waals surface area contributed by atoms with Crippen LogP contribution in [0.5, 0.6) is 11.5 Å². The van der Waals surface area contributed by atoms with Crippen molar-refractivity contribution in [1.29, 1.82) is 0 Å². The van der Waals surface area contributed by atoms with Gasteiger partial charge in [-0.2, -0.15) is 0 Å².